The average Bonchev–Trinajstić information content (AvgIpc) is 2.43. The van der Waals surface area contributed by atoms with Crippen LogP contribution < -0.4 is 0 Å². The minimum absolute atomic E-state index is 0.206. The largest absolute Gasteiger partial charge is 0.465 e. The second-order valence-electron chi connectivity index (χ2n) is 5.12. The number of rotatable bonds is 6. The third-order valence-electron chi connectivity index (χ3n) is 2.52. The Kier molecular flexibility index (Phi) is 5.55. The highest BCUT2D eigenvalue weighted by molar-refractivity contribution is 5.89. The summed E-state index contributed by atoms with van der Waals surface area (Å²) in [6, 6.07) is 8.80. The fourth-order valence-electron chi connectivity index (χ4n) is 1.34. The molecule has 0 aliphatic rings. The Morgan fingerprint density at radius 2 is 1.63 bits per heavy atom. The van der Waals surface area contributed by atoms with Crippen molar-refractivity contribution in [2.45, 2.75) is 27.2 Å². The van der Waals surface area contributed by atoms with E-state index in [2.05, 4.69) is 0 Å². The molecular formula is C15H20O4. The molecule has 0 saturated heterocycles. The Balaban J connectivity index is 2.42. The number of carbonyl (C=O) groups is 2. The molecule has 1 rings (SSSR count). The highest BCUT2D eigenvalue weighted by atomic mass is 16.5. The summed E-state index contributed by atoms with van der Waals surface area (Å²) < 4.78 is 10.3. The Morgan fingerprint density at radius 3 is 2.21 bits per heavy atom. The number of esters is 2. The monoisotopic (exact) mass is 264 g/mol. The standard InChI is InChI=1S/C15H20O4/c1-4-13(16)18-10-15(2,3)11-19-14(17)12-8-6-5-7-9-12/h5-9H,4,10-11H2,1-3H3. The first-order chi connectivity index (χ1) is 8.94. The van der Waals surface area contributed by atoms with E-state index < -0.39 is 5.41 Å². The SMILES string of the molecule is CCC(=O)OCC(C)(C)COC(=O)c1ccccc1. The van der Waals surface area contributed by atoms with Gasteiger partial charge in [0.1, 0.15) is 0 Å². The van der Waals surface area contributed by atoms with Crippen molar-refractivity contribution in [2.24, 2.45) is 5.41 Å². The minimum atomic E-state index is -0.394. The first-order valence-electron chi connectivity index (χ1n) is 6.32. The van der Waals surface area contributed by atoms with Gasteiger partial charge in [0.25, 0.3) is 0 Å². The molecule has 104 valence electrons. The molecule has 4 nitrogen and oxygen atoms in total. The van der Waals surface area contributed by atoms with Crippen molar-refractivity contribution in [3.8, 4) is 0 Å². The normalized spacial score (nSPS) is 10.9. The second kappa shape index (κ2) is 6.92. The van der Waals surface area contributed by atoms with Gasteiger partial charge in [-0.15, -0.1) is 0 Å². The molecule has 0 unspecified atom stereocenters. The van der Waals surface area contributed by atoms with Crippen molar-refractivity contribution in [3.63, 3.8) is 0 Å². The van der Waals surface area contributed by atoms with Gasteiger partial charge in [0.2, 0.25) is 0 Å². The zero-order valence-electron chi connectivity index (χ0n) is 11.6. The van der Waals surface area contributed by atoms with Gasteiger partial charge in [-0.05, 0) is 12.1 Å². The molecule has 0 atom stereocenters. The molecule has 0 amide bonds. The number of benzene rings is 1. The summed E-state index contributed by atoms with van der Waals surface area (Å²) in [7, 11) is 0. The molecule has 0 N–H and O–H groups in total. The summed E-state index contributed by atoms with van der Waals surface area (Å²) in [6.45, 7) is 5.95. The van der Waals surface area contributed by atoms with Crippen molar-refractivity contribution in [3.05, 3.63) is 35.9 Å². The van der Waals surface area contributed by atoms with Gasteiger partial charge in [-0.3, -0.25) is 4.79 Å². The Bertz CT molecular complexity index is 423. The molecule has 4 heteroatoms. The van der Waals surface area contributed by atoms with E-state index >= 15 is 0 Å². The molecule has 0 saturated carbocycles. The van der Waals surface area contributed by atoms with Crippen LogP contribution >= 0.6 is 0 Å². The van der Waals surface area contributed by atoms with Gasteiger partial charge < -0.3 is 9.47 Å². The average molecular weight is 264 g/mol. The van der Waals surface area contributed by atoms with Crippen LogP contribution in [0.3, 0.4) is 0 Å². The molecule has 1 aromatic carbocycles. The van der Waals surface area contributed by atoms with E-state index in [-0.39, 0.29) is 25.2 Å². The summed E-state index contributed by atoms with van der Waals surface area (Å²) >= 11 is 0. The van der Waals surface area contributed by atoms with E-state index in [9.17, 15) is 9.59 Å². The maximum absolute atomic E-state index is 11.8. The van der Waals surface area contributed by atoms with Crippen LogP contribution in [0.15, 0.2) is 30.3 Å². The van der Waals surface area contributed by atoms with Crippen molar-refractivity contribution in [1.29, 1.82) is 0 Å². The molecule has 0 heterocycles. The first-order valence-corrected chi connectivity index (χ1v) is 6.32. The van der Waals surface area contributed by atoms with Crippen LogP contribution in [0.4, 0.5) is 0 Å². The highest BCUT2D eigenvalue weighted by Crippen LogP contribution is 2.17. The van der Waals surface area contributed by atoms with E-state index in [0.29, 0.717) is 12.0 Å². The third kappa shape index (κ3) is 5.55. The Hall–Kier alpha value is -1.84. The van der Waals surface area contributed by atoms with Crippen LogP contribution in [0, 0.1) is 5.41 Å². The van der Waals surface area contributed by atoms with Crippen LogP contribution in [-0.2, 0) is 14.3 Å². The molecular weight excluding hydrogens is 244 g/mol. The lowest BCUT2D eigenvalue weighted by Gasteiger charge is -2.23. The molecule has 1 aromatic rings. The summed E-state index contributed by atoms with van der Waals surface area (Å²) in [5, 5.41) is 0. The van der Waals surface area contributed by atoms with Gasteiger partial charge in [0.05, 0.1) is 18.8 Å². The van der Waals surface area contributed by atoms with Crippen LogP contribution in [0.25, 0.3) is 0 Å². The quantitative estimate of drug-likeness (QED) is 0.741. The lowest BCUT2D eigenvalue weighted by molar-refractivity contribution is -0.147. The van der Waals surface area contributed by atoms with Crippen LogP contribution in [0.2, 0.25) is 0 Å². The summed E-state index contributed by atoms with van der Waals surface area (Å²) in [4.78, 5) is 22.8. The van der Waals surface area contributed by atoms with Gasteiger partial charge in [-0.25, -0.2) is 4.79 Å². The highest BCUT2D eigenvalue weighted by Gasteiger charge is 2.22. The van der Waals surface area contributed by atoms with Crippen molar-refractivity contribution >= 4 is 11.9 Å². The summed E-state index contributed by atoms with van der Waals surface area (Å²) in [5.41, 5.74) is 0.124. The van der Waals surface area contributed by atoms with Gasteiger partial charge in [-0.1, -0.05) is 39.0 Å². The smallest absolute Gasteiger partial charge is 0.338 e. The van der Waals surface area contributed by atoms with Crippen LogP contribution in [0.1, 0.15) is 37.6 Å². The molecule has 0 aromatic heterocycles. The van der Waals surface area contributed by atoms with Crippen LogP contribution in [0.5, 0.6) is 0 Å². The predicted octanol–water partition coefficient (Wildman–Crippen LogP) is 2.82. The van der Waals surface area contributed by atoms with E-state index in [1.54, 1.807) is 31.2 Å². The number of hydrogen-bond donors (Lipinski definition) is 0. The fraction of sp³-hybridized carbons (Fsp3) is 0.467. The van der Waals surface area contributed by atoms with E-state index in [0.717, 1.165) is 0 Å². The maximum atomic E-state index is 11.8. The molecule has 0 radical (unpaired) electrons. The lowest BCUT2D eigenvalue weighted by Crippen LogP contribution is -2.28. The maximum Gasteiger partial charge on any atom is 0.338 e. The number of hydrogen-bond acceptors (Lipinski definition) is 4. The Morgan fingerprint density at radius 1 is 1.05 bits per heavy atom. The minimum Gasteiger partial charge on any atom is -0.465 e. The second-order valence-corrected chi connectivity index (χ2v) is 5.12. The summed E-state index contributed by atoms with van der Waals surface area (Å²) in [6.07, 6.45) is 0.347. The van der Waals surface area contributed by atoms with E-state index in [4.69, 9.17) is 9.47 Å². The zero-order valence-corrected chi connectivity index (χ0v) is 11.6. The number of ether oxygens (including phenoxy) is 2. The van der Waals surface area contributed by atoms with Crippen molar-refractivity contribution in [2.75, 3.05) is 13.2 Å². The van der Waals surface area contributed by atoms with Gasteiger partial charge in [0, 0.05) is 11.8 Å². The first kappa shape index (κ1) is 15.2. The molecule has 19 heavy (non-hydrogen) atoms. The number of carbonyl (C=O) groups excluding carboxylic acids is 2. The topological polar surface area (TPSA) is 52.6 Å². The molecule has 0 aliphatic carbocycles. The predicted molar refractivity (Wildman–Crippen MR) is 71.8 cm³/mol. The lowest BCUT2D eigenvalue weighted by atomic mass is 9.96. The summed E-state index contributed by atoms with van der Waals surface area (Å²) in [5.74, 6) is -0.613. The zero-order chi connectivity index (χ0) is 14.3. The van der Waals surface area contributed by atoms with Crippen molar-refractivity contribution in [1.82, 2.24) is 0 Å². The molecule has 0 bridgehead atoms. The third-order valence-corrected chi connectivity index (χ3v) is 2.52. The van der Waals surface area contributed by atoms with Crippen molar-refractivity contribution < 1.29 is 19.1 Å². The van der Waals surface area contributed by atoms with E-state index in [1.165, 1.54) is 0 Å². The van der Waals surface area contributed by atoms with Crippen LogP contribution in [-0.4, -0.2) is 25.2 Å². The fourth-order valence-corrected chi connectivity index (χ4v) is 1.34. The molecule has 0 spiro atoms. The van der Waals surface area contributed by atoms with Gasteiger partial charge >= 0.3 is 11.9 Å². The van der Waals surface area contributed by atoms with Gasteiger partial charge in [-0.2, -0.15) is 0 Å². The molecule has 0 fully saturated rings. The van der Waals surface area contributed by atoms with E-state index in [1.807, 2.05) is 19.9 Å². The Labute approximate surface area is 113 Å². The van der Waals surface area contributed by atoms with Gasteiger partial charge in [0.15, 0.2) is 0 Å². The molecule has 0 aliphatic heterocycles.